The van der Waals surface area contributed by atoms with Crippen molar-refractivity contribution in [3.8, 4) is 11.4 Å². The Hall–Kier alpha value is -3.80. The molecule has 0 aliphatic heterocycles. The first kappa shape index (κ1) is 32.1. The molecule has 226 valence electrons. The number of carboxylic acids is 1. The number of nitrogens with zero attached hydrogens (tertiary/aromatic N) is 2. The Morgan fingerprint density at radius 1 is 1.12 bits per heavy atom. The molecule has 4 N–H and O–H groups in total. The molecule has 1 aromatic heterocycles. The van der Waals surface area contributed by atoms with Gasteiger partial charge in [-0.15, -0.1) is 0 Å². The molecule has 4 aromatic rings. The molecule has 1 heterocycles. The minimum Gasteiger partial charge on any atom is -0.495 e. The fraction of sp³-hybridized carbons (Fsp3) is 0.233. The molecule has 0 spiro atoms. The lowest BCUT2D eigenvalue weighted by Gasteiger charge is -2.28. The molecule has 8 nitrogen and oxygen atoms in total. The Balaban J connectivity index is 1.68. The van der Waals surface area contributed by atoms with Gasteiger partial charge in [0.15, 0.2) is 5.16 Å². The Labute approximate surface area is 261 Å². The van der Waals surface area contributed by atoms with Crippen LogP contribution in [0, 0.1) is 11.6 Å². The maximum atomic E-state index is 15.2. The van der Waals surface area contributed by atoms with Gasteiger partial charge in [0, 0.05) is 33.1 Å². The van der Waals surface area contributed by atoms with Crippen LogP contribution in [-0.4, -0.2) is 39.7 Å². The monoisotopic (exact) mass is 648 g/mol. The standard InChI is InChI=1S/C30H28Cl2F2N4O4S/c1-30(2,16-4-9-21(31)25(10-16)42-3)26-14-36-29(38(26)19-7-5-17(33)6-8-19)43-15-20-22(32)11-18(12-23(20)34)37-24(28(40)41)13-27(35)39/h4-12,14,24,37H,13,15H2,1-3H3,(H2,35,39)(H,40,41)/t24-/m0/s1. The third-order valence-corrected chi connectivity index (χ3v) is 8.49. The van der Waals surface area contributed by atoms with Crippen molar-refractivity contribution >= 4 is 52.5 Å². The first-order valence-corrected chi connectivity index (χ1v) is 14.6. The summed E-state index contributed by atoms with van der Waals surface area (Å²) in [5.74, 6) is -2.64. The van der Waals surface area contributed by atoms with E-state index in [0.29, 0.717) is 21.6 Å². The minimum atomic E-state index is -1.35. The van der Waals surface area contributed by atoms with E-state index in [9.17, 15) is 19.1 Å². The normalized spacial score (nSPS) is 12.2. The highest BCUT2D eigenvalue weighted by Gasteiger charge is 2.30. The van der Waals surface area contributed by atoms with E-state index >= 15 is 4.39 Å². The molecule has 0 fully saturated rings. The SMILES string of the molecule is COc1cc(C(C)(C)c2cnc(SCc3c(F)cc(N[C@@H](CC(N)=O)C(=O)O)cc3Cl)n2-c2ccc(F)cc2)ccc1Cl. The molecule has 0 saturated heterocycles. The van der Waals surface area contributed by atoms with Gasteiger partial charge in [-0.25, -0.2) is 18.6 Å². The number of ether oxygens (including phenoxy) is 1. The fourth-order valence-corrected chi connectivity index (χ4v) is 6.05. The molecular formula is C30H28Cl2F2N4O4S. The van der Waals surface area contributed by atoms with E-state index in [1.807, 2.05) is 30.5 Å². The van der Waals surface area contributed by atoms with Gasteiger partial charge in [0.05, 0.1) is 30.4 Å². The lowest BCUT2D eigenvalue weighted by Crippen LogP contribution is -2.34. The molecule has 0 bridgehead atoms. The van der Waals surface area contributed by atoms with Crippen LogP contribution in [-0.2, 0) is 20.8 Å². The van der Waals surface area contributed by atoms with Gasteiger partial charge in [0.2, 0.25) is 5.91 Å². The van der Waals surface area contributed by atoms with Crippen LogP contribution < -0.4 is 15.8 Å². The van der Waals surface area contributed by atoms with E-state index in [0.717, 1.165) is 17.3 Å². The minimum absolute atomic E-state index is 0.0481. The van der Waals surface area contributed by atoms with Gasteiger partial charge in [-0.1, -0.05) is 54.9 Å². The van der Waals surface area contributed by atoms with Crippen molar-refractivity contribution < 1.29 is 28.2 Å². The van der Waals surface area contributed by atoms with Gasteiger partial charge in [-0.2, -0.15) is 0 Å². The molecule has 0 saturated carbocycles. The third-order valence-electron chi connectivity index (χ3n) is 6.86. The van der Waals surface area contributed by atoms with Crippen molar-refractivity contribution in [1.29, 1.82) is 0 Å². The molecule has 3 aromatic carbocycles. The first-order chi connectivity index (χ1) is 20.3. The van der Waals surface area contributed by atoms with Gasteiger partial charge in [0.25, 0.3) is 0 Å². The number of carbonyl (C=O) groups excluding carboxylic acids is 1. The van der Waals surface area contributed by atoms with Gasteiger partial charge in [0.1, 0.15) is 23.4 Å². The average Bonchev–Trinajstić information content (AvgIpc) is 3.37. The number of aromatic nitrogens is 2. The molecule has 0 aliphatic carbocycles. The quantitative estimate of drug-likeness (QED) is 0.144. The van der Waals surface area contributed by atoms with Crippen molar-refractivity contribution in [3.05, 3.63) is 99.3 Å². The number of imidazole rings is 1. The third kappa shape index (κ3) is 7.23. The van der Waals surface area contributed by atoms with Crippen LogP contribution in [0.25, 0.3) is 5.69 Å². The summed E-state index contributed by atoms with van der Waals surface area (Å²) in [6.07, 6.45) is 1.22. The maximum Gasteiger partial charge on any atom is 0.326 e. The second kappa shape index (κ2) is 13.2. The summed E-state index contributed by atoms with van der Waals surface area (Å²) in [5, 5.41) is 12.9. The van der Waals surface area contributed by atoms with Crippen molar-refractivity contribution in [3.63, 3.8) is 0 Å². The van der Waals surface area contributed by atoms with Crippen LogP contribution in [0.5, 0.6) is 5.75 Å². The Morgan fingerprint density at radius 2 is 1.81 bits per heavy atom. The van der Waals surface area contributed by atoms with Crippen LogP contribution in [0.15, 0.2) is 66.0 Å². The van der Waals surface area contributed by atoms with Crippen LogP contribution in [0.2, 0.25) is 10.0 Å². The molecule has 0 unspecified atom stereocenters. The van der Waals surface area contributed by atoms with E-state index in [1.54, 1.807) is 24.4 Å². The number of thioether (sulfide) groups is 1. The van der Waals surface area contributed by atoms with Crippen LogP contribution >= 0.6 is 35.0 Å². The number of rotatable bonds is 12. The molecule has 0 radical (unpaired) electrons. The van der Waals surface area contributed by atoms with Crippen molar-refractivity contribution in [2.24, 2.45) is 5.73 Å². The van der Waals surface area contributed by atoms with Crippen molar-refractivity contribution in [2.75, 3.05) is 12.4 Å². The summed E-state index contributed by atoms with van der Waals surface area (Å²) in [4.78, 5) is 27.3. The zero-order valence-electron chi connectivity index (χ0n) is 23.3. The number of carboxylic acid groups (broad SMARTS) is 1. The number of halogens is 4. The summed E-state index contributed by atoms with van der Waals surface area (Å²) in [6, 6.07) is 12.6. The van der Waals surface area contributed by atoms with Gasteiger partial charge >= 0.3 is 5.97 Å². The zero-order valence-corrected chi connectivity index (χ0v) is 25.7. The summed E-state index contributed by atoms with van der Waals surface area (Å²) >= 11 is 13.9. The highest BCUT2D eigenvalue weighted by atomic mass is 35.5. The molecule has 1 amide bonds. The summed E-state index contributed by atoms with van der Waals surface area (Å²) in [7, 11) is 1.54. The topological polar surface area (TPSA) is 119 Å². The predicted octanol–water partition coefficient (Wildman–Crippen LogP) is 6.82. The predicted molar refractivity (Wildman–Crippen MR) is 163 cm³/mol. The van der Waals surface area contributed by atoms with Gasteiger partial charge in [-0.05, 0) is 54.1 Å². The van der Waals surface area contributed by atoms with Crippen molar-refractivity contribution in [1.82, 2.24) is 9.55 Å². The number of nitrogens with one attached hydrogen (secondary N) is 1. The van der Waals surface area contributed by atoms with Crippen molar-refractivity contribution in [2.45, 2.75) is 42.6 Å². The molecular weight excluding hydrogens is 621 g/mol. The number of hydrogen-bond donors (Lipinski definition) is 3. The van der Waals surface area contributed by atoms with Crippen LogP contribution in [0.1, 0.15) is 37.1 Å². The Morgan fingerprint density at radius 3 is 2.42 bits per heavy atom. The highest BCUT2D eigenvalue weighted by Crippen LogP contribution is 2.40. The molecule has 13 heteroatoms. The second-order valence-electron chi connectivity index (χ2n) is 10.1. The number of benzene rings is 3. The number of methoxy groups -OCH3 is 1. The number of primary amides is 1. The molecule has 1 atom stereocenters. The van der Waals surface area contributed by atoms with E-state index in [2.05, 4.69) is 10.3 Å². The van der Waals surface area contributed by atoms with E-state index in [1.165, 1.54) is 37.1 Å². The van der Waals surface area contributed by atoms with Crippen LogP contribution in [0.4, 0.5) is 14.5 Å². The smallest absolute Gasteiger partial charge is 0.326 e. The number of aliphatic carboxylic acids is 1. The molecule has 43 heavy (non-hydrogen) atoms. The largest absolute Gasteiger partial charge is 0.495 e. The van der Waals surface area contributed by atoms with Gasteiger partial charge < -0.3 is 20.9 Å². The number of carbonyl (C=O) groups is 2. The lowest BCUT2D eigenvalue weighted by atomic mass is 9.81. The summed E-state index contributed by atoms with van der Waals surface area (Å²) < 4.78 is 36.4. The Kier molecular flexibility index (Phi) is 9.89. The zero-order chi connectivity index (χ0) is 31.5. The maximum absolute atomic E-state index is 15.2. The van der Waals surface area contributed by atoms with E-state index in [-0.39, 0.29) is 22.0 Å². The summed E-state index contributed by atoms with van der Waals surface area (Å²) in [6.45, 7) is 4.01. The number of nitrogens with two attached hydrogens (primary N) is 1. The van der Waals surface area contributed by atoms with Gasteiger partial charge in [-0.3, -0.25) is 9.36 Å². The van der Waals surface area contributed by atoms with E-state index in [4.69, 9.17) is 33.7 Å². The molecule has 4 rings (SSSR count). The summed E-state index contributed by atoms with van der Waals surface area (Å²) in [5.41, 5.74) is 7.05. The fourth-order valence-electron chi connectivity index (χ4n) is 4.48. The highest BCUT2D eigenvalue weighted by molar-refractivity contribution is 7.98. The van der Waals surface area contributed by atoms with Crippen LogP contribution in [0.3, 0.4) is 0 Å². The van der Waals surface area contributed by atoms with E-state index < -0.39 is 41.4 Å². The average molecular weight is 650 g/mol. The second-order valence-corrected chi connectivity index (χ2v) is 11.9. The molecule has 0 aliphatic rings. The Bertz CT molecular complexity index is 1640. The number of amides is 1. The number of anilines is 1. The first-order valence-electron chi connectivity index (χ1n) is 12.9. The number of hydrogen-bond acceptors (Lipinski definition) is 6. The lowest BCUT2D eigenvalue weighted by molar-refractivity contribution is -0.139.